The van der Waals surface area contributed by atoms with Gasteiger partial charge in [-0.05, 0) is 17.5 Å². The molecule has 0 bridgehead atoms. The molecule has 0 aliphatic rings. The first-order valence-electron chi connectivity index (χ1n) is 5.70. The molecule has 0 amide bonds. The zero-order chi connectivity index (χ0) is 12.1. The Kier molecular flexibility index (Phi) is 4.87. The van der Waals surface area contributed by atoms with Crippen LogP contribution in [-0.4, -0.2) is 11.2 Å². The van der Waals surface area contributed by atoms with Gasteiger partial charge in [-0.15, -0.1) is 0 Å². The quantitative estimate of drug-likeness (QED) is 0.819. The fourth-order valence-electron chi connectivity index (χ4n) is 1.91. The summed E-state index contributed by atoms with van der Waals surface area (Å²) < 4.78 is 26.0. The molecule has 1 aromatic rings. The predicted molar refractivity (Wildman–Crippen MR) is 60.1 cm³/mol. The maximum atomic E-state index is 13.3. The first-order chi connectivity index (χ1) is 7.58. The minimum absolute atomic E-state index is 0.171. The van der Waals surface area contributed by atoms with Gasteiger partial charge in [0.15, 0.2) is 0 Å². The van der Waals surface area contributed by atoms with Gasteiger partial charge in [-0.1, -0.05) is 32.8 Å². The second-order valence-corrected chi connectivity index (χ2v) is 4.08. The normalized spacial score (nSPS) is 13.1. The van der Waals surface area contributed by atoms with Crippen LogP contribution in [0.25, 0.3) is 0 Å². The van der Waals surface area contributed by atoms with Gasteiger partial charge in [-0.2, -0.15) is 0 Å². The van der Waals surface area contributed by atoms with Crippen molar-refractivity contribution in [2.45, 2.75) is 39.2 Å². The van der Waals surface area contributed by atoms with Crippen molar-refractivity contribution < 1.29 is 13.9 Å². The van der Waals surface area contributed by atoms with Crippen molar-refractivity contribution in [3.8, 4) is 0 Å². The van der Waals surface area contributed by atoms with Gasteiger partial charge in [-0.25, -0.2) is 8.78 Å². The highest BCUT2D eigenvalue weighted by molar-refractivity contribution is 5.19. The van der Waals surface area contributed by atoms with E-state index in [0.717, 1.165) is 18.9 Å². The molecule has 3 heteroatoms. The van der Waals surface area contributed by atoms with Gasteiger partial charge in [0, 0.05) is 12.5 Å². The Morgan fingerprint density at radius 1 is 1.19 bits per heavy atom. The second kappa shape index (κ2) is 5.94. The Labute approximate surface area is 95.1 Å². The van der Waals surface area contributed by atoms with Crippen molar-refractivity contribution in [3.05, 3.63) is 35.4 Å². The third-order valence-electron chi connectivity index (χ3n) is 3.04. The van der Waals surface area contributed by atoms with E-state index in [0.29, 0.717) is 5.56 Å². The van der Waals surface area contributed by atoms with Gasteiger partial charge >= 0.3 is 0 Å². The molecule has 1 atom stereocenters. The predicted octanol–water partition coefficient (Wildman–Crippen LogP) is 3.30. The fourth-order valence-corrected chi connectivity index (χ4v) is 1.91. The van der Waals surface area contributed by atoms with Crippen molar-refractivity contribution in [2.75, 3.05) is 0 Å². The van der Waals surface area contributed by atoms with E-state index in [1.807, 2.05) is 13.8 Å². The lowest BCUT2D eigenvalue weighted by Crippen LogP contribution is -2.22. The first-order valence-corrected chi connectivity index (χ1v) is 5.70. The highest BCUT2D eigenvalue weighted by atomic mass is 19.1. The summed E-state index contributed by atoms with van der Waals surface area (Å²) in [5.41, 5.74) is 0.376. The smallest absolute Gasteiger partial charge is 0.129 e. The number of aliphatic hydroxyl groups excluding tert-OH is 1. The Balaban J connectivity index is 2.72. The third-order valence-corrected chi connectivity index (χ3v) is 3.04. The molecule has 1 unspecified atom stereocenters. The Morgan fingerprint density at radius 3 is 2.31 bits per heavy atom. The third kappa shape index (κ3) is 3.27. The van der Waals surface area contributed by atoms with Crippen LogP contribution in [0.2, 0.25) is 0 Å². The van der Waals surface area contributed by atoms with Crippen molar-refractivity contribution in [3.63, 3.8) is 0 Å². The van der Waals surface area contributed by atoms with Crippen molar-refractivity contribution in [1.29, 1.82) is 0 Å². The maximum absolute atomic E-state index is 13.3. The molecule has 0 aromatic heterocycles. The molecule has 1 N–H and O–H groups in total. The maximum Gasteiger partial charge on any atom is 0.129 e. The highest BCUT2D eigenvalue weighted by Crippen LogP contribution is 2.19. The van der Waals surface area contributed by atoms with Crippen LogP contribution in [0.1, 0.15) is 32.3 Å². The SMILES string of the molecule is CCC(CC)C(O)Cc1ccc(F)cc1F. The lowest BCUT2D eigenvalue weighted by Gasteiger charge is -2.20. The molecule has 0 saturated heterocycles. The van der Waals surface area contributed by atoms with E-state index < -0.39 is 17.7 Å². The lowest BCUT2D eigenvalue weighted by atomic mass is 9.92. The van der Waals surface area contributed by atoms with E-state index in [1.54, 1.807) is 0 Å². The minimum Gasteiger partial charge on any atom is -0.392 e. The van der Waals surface area contributed by atoms with E-state index in [1.165, 1.54) is 12.1 Å². The molecule has 0 spiro atoms. The molecule has 90 valence electrons. The molecule has 0 aliphatic carbocycles. The van der Waals surface area contributed by atoms with E-state index in [2.05, 4.69) is 0 Å². The first kappa shape index (κ1) is 13.1. The van der Waals surface area contributed by atoms with E-state index in [4.69, 9.17) is 0 Å². The molecular formula is C13H18F2O. The second-order valence-electron chi connectivity index (χ2n) is 4.08. The number of hydrogen-bond acceptors (Lipinski definition) is 1. The monoisotopic (exact) mass is 228 g/mol. The van der Waals surface area contributed by atoms with Crippen LogP contribution in [0.3, 0.4) is 0 Å². The average Bonchev–Trinajstić information content (AvgIpc) is 2.24. The summed E-state index contributed by atoms with van der Waals surface area (Å²) in [5.74, 6) is -0.993. The molecule has 16 heavy (non-hydrogen) atoms. The van der Waals surface area contributed by atoms with Crippen molar-refractivity contribution in [1.82, 2.24) is 0 Å². The summed E-state index contributed by atoms with van der Waals surface area (Å²) >= 11 is 0. The number of benzene rings is 1. The van der Waals surface area contributed by atoms with Crippen molar-refractivity contribution >= 4 is 0 Å². The lowest BCUT2D eigenvalue weighted by molar-refractivity contribution is 0.102. The molecule has 0 heterocycles. The van der Waals surface area contributed by atoms with Crippen LogP contribution in [-0.2, 0) is 6.42 Å². The summed E-state index contributed by atoms with van der Waals surface area (Å²) in [5, 5.41) is 9.90. The summed E-state index contributed by atoms with van der Waals surface area (Å²) in [4.78, 5) is 0. The Bertz CT molecular complexity index is 335. The largest absolute Gasteiger partial charge is 0.392 e. The van der Waals surface area contributed by atoms with Gasteiger partial charge in [0.25, 0.3) is 0 Å². The van der Waals surface area contributed by atoms with Crippen LogP contribution in [0.5, 0.6) is 0 Å². The summed E-state index contributed by atoms with van der Waals surface area (Å²) in [6.07, 6.45) is 1.41. The van der Waals surface area contributed by atoms with Gasteiger partial charge < -0.3 is 5.11 Å². The zero-order valence-electron chi connectivity index (χ0n) is 9.71. The molecule has 0 saturated carbocycles. The van der Waals surface area contributed by atoms with Gasteiger partial charge in [-0.3, -0.25) is 0 Å². The molecule has 0 radical (unpaired) electrons. The Morgan fingerprint density at radius 2 is 1.81 bits per heavy atom. The zero-order valence-corrected chi connectivity index (χ0v) is 9.71. The molecule has 1 rings (SSSR count). The molecular weight excluding hydrogens is 210 g/mol. The van der Waals surface area contributed by atoms with Gasteiger partial charge in [0.1, 0.15) is 11.6 Å². The van der Waals surface area contributed by atoms with E-state index in [-0.39, 0.29) is 12.3 Å². The standard InChI is InChI=1S/C13H18F2O/c1-3-9(4-2)13(16)7-10-5-6-11(14)8-12(10)15/h5-6,8-9,13,16H,3-4,7H2,1-2H3. The van der Waals surface area contributed by atoms with E-state index in [9.17, 15) is 13.9 Å². The number of rotatable bonds is 5. The molecule has 0 fully saturated rings. The minimum atomic E-state index is -0.585. The van der Waals surface area contributed by atoms with Crippen LogP contribution in [0, 0.1) is 17.6 Å². The Hall–Kier alpha value is -0.960. The average molecular weight is 228 g/mol. The number of aliphatic hydroxyl groups is 1. The van der Waals surface area contributed by atoms with Crippen LogP contribution in [0.4, 0.5) is 8.78 Å². The topological polar surface area (TPSA) is 20.2 Å². The van der Waals surface area contributed by atoms with Crippen molar-refractivity contribution in [2.24, 2.45) is 5.92 Å². The molecule has 1 nitrogen and oxygen atoms in total. The summed E-state index contributed by atoms with van der Waals surface area (Å²) in [7, 11) is 0. The van der Waals surface area contributed by atoms with Gasteiger partial charge in [0.05, 0.1) is 6.10 Å². The molecule has 0 aliphatic heterocycles. The number of halogens is 2. The van der Waals surface area contributed by atoms with Crippen LogP contribution in [0.15, 0.2) is 18.2 Å². The highest BCUT2D eigenvalue weighted by Gasteiger charge is 2.17. The molecule has 1 aromatic carbocycles. The van der Waals surface area contributed by atoms with Gasteiger partial charge in [0.2, 0.25) is 0 Å². The van der Waals surface area contributed by atoms with E-state index >= 15 is 0 Å². The fraction of sp³-hybridized carbons (Fsp3) is 0.538. The van der Waals surface area contributed by atoms with Crippen LogP contribution < -0.4 is 0 Å². The summed E-state index contributed by atoms with van der Waals surface area (Å²) in [6, 6.07) is 3.48. The summed E-state index contributed by atoms with van der Waals surface area (Å²) in [6.45, 7) is 4.00. The van der Waals surface area contributed by atoms with Crippen LogP contribution >= 0.6 is 0 Å². The number of hydrogen-bond donors (Lipinski definition) is 1.